The molecule has 0 saturated heterocycles. The minimum absolute atomic E-state index is 0.126. The van der Waals surface area contributed by atoms with E-state index in [0.29, 0.717) is 22.5 Å². The maximum atomic E-state index is 13.8. The third-order valence-corrected chi connectivity index (χ3v) is 6.92. The first kappa shape index (κ1) is 25.0. The molecule has 6 rings (SSSR count). The van der Waals surface area contributed by atoms with Crippen LogP contribution in [-0.2, 0) is 13.1 Å². The van der Waals surface area contributed by atoms with Crippen LogP contribution in [-0.4, -0.2) is 38.1 Å². The Morgan fingerprint density at radius 2 is 1.38 bits per heavy atom. The molecule has 0 bridgehead atoms. The molecule has 40 heavy (non-hydrogen) atoms. The predicted molar refractivity (Wildman–Crippen MR) is 154 cm³/mol. The molecule has 200 valence electrons. The Hall–Kier alpha value is -5.31. The predicted octanol–water partition coefficient (Wildman–Crippen LogP) is 4.46. The largest absolute Gasteiger partial charge is 0.497 e. The molecular formula is C31H27N5O4. The van der Waals surface area contributed by atoms with Crippen molar-refractivity contribution < 1.29 is 9.47 Å². The molecule has 1 N–H and O–H groups in total. The molecule has 0 radical (unpaired) electrons. The molecule has 3 heterocycles. The first-order valence-corrected chi connectivity index (χ1v) is 12.8. The third-order valence-electron chi connectivity index (χ3n) is 6.92. The summed E-state index contributed by atoms with van der Waals surface area (Å²) in [5, 5.41) is 4.49. The number of para-hydroxylation sites is 1. The Kier molecular flexibility index (Phi) is 6.53. The lowest BCUT2D eigenvalue weighted by molar-refractivity contribution is 0.414. The van der Waals surface area contributed by atoms with Gasteiger partial charge in [0, 0.05) is 11.8 Å². The van der Waals surface area contributed by atoms with Crippen LogP contribution in [0.1, 0.15) is 11.1 Å². The van der Waals surface area contributed by atoms with Crippen LogP contribution >= 0.6 is 0 Å². The normalized spacial score (nSPS) is 11.2. The fraction of sp³-hybridized carbons (Fsp3) is 0.129. The monoisotopic (exact) mass is 533 g/mol. The topological polar surface area (TPSA) is 96.1 Å². The Morgan fingerprint density at radius 3 is 1.98 bits per heavy atom. The van der Waals surface area contributed by atoms with Crippen molar-refractivity contribution in [3.63, 3.8) is 0 Å². The summed E-state index contributed by atoms with van der Waals surface area (Å²) in [6.45, 7) is 0.406. The fourth-order valence-corrected chi connectivity index (χ4v) is 4.75. The summed E-state index contributed by atoms with van der Waals surface area (Å²) in [6, 6.07) is 26.5. The van der Waals surface area contributed by atoms with E-state index >= 15 is 0 Å². The summed E-state index contributed by atoms with van der Waals surface area (Å²) < 4.78 is 15.2. The maximum Gasteiger partial charge on any atom is 0.332 e. The van der Waals surface area contributed by atoms with Gasteiger partial charge in [-0.25, -0.2) is 9.48 Å². The van der Waals surface area contributed by atoms with Crippen LogP contribution in [0, 0.1) is 0 Å². The van der Waals surface area contributed by atoms with Crippen molar-refractivity contribution in [1.82, 2.24) is 23.9 Å². The minimum atomic E-state index is -0.394. The molecule has 0 atom stereocenters. The molecule has 9 nitrogen and oxygen atoms in total. The Labute approximate surface area is 229 Å². The van der Waals surface area contributed by atoms with E-state index in [0.717, 1.165) is 28.1 Å². The van der Waals surface area contributed by atoms with Gasteiger partial charge in [0.2, 0.25) is 0 Å². The Balaban J connectivity index is 1.47. The Morgan fingerprint density at radius 1 is 0.775 bits per heavy atom. The van der Waals surface area contributed by atoms with Crippen molar-refractivity contribution >= 4 is 11.0 Å². The molecule has 0 aliphatic carbocycles. The molecule has 0 amide bonds. The number of H-pyrrole nitrogens is 1. The van der Waals surface area contributed by atoms with E-state index in [2.05, 4.69) is 10.1 Å². The fourth-order valence-electron chi connectivity index (χ4n) is 4.75. The summed E-state index contributed by atoms with van der Waals surface area (Å²) in [5.41, 5.74) is 4.22. The summed E-state index contributed by atoms with van der Waals surface area (Å²) in [4.78, 5) is 30.8. The second-order valence-electron chi connectivity index (χ2n) is 9.41. The van der Waals surface area contributed by atoms with Gasteiger partial charge in [0.25, 0.3) is 5.56 Å². The highest BCUT2D eigenvalue weighted by Crippen LogP contribution is 2.24. The average molecular weight is 534 g/mol. The molecule has 3 aromatic heterocycles. The van der Waals surface area contributed by atoms with E-state index in [-0.39, 0.29) is 18.6 Å². The van der Waals surface area contributed by atoms with E-state index in [9.17, 15) is 9.59 Å². The Bertz CT molecular complexity index is 1900. The van der Waals surface area contributed by atoms with Crippen LogP contribution < -0.4 is 20.7 Å². The highest BCUT2D eigenvalue weighted by atomic mass is 16.5. The van der Waals surface area contributed by atoms with Gasteiger partial charge in [-0.1, -0.05) is 42.5 Å². The zero-order valence-electron chi connectivity index (χ0n) is 22.1. The molecule has 0 aliphatic heterocycles. The number of nitrogens with zero attached hydrogens (tertiary/aromatic N) is 4. The number of benzene rings is 3. The van der Waals surface area contributed by atoms with Gasteiger partial charge >= 0.3 is 5.69 Å². The lowest BCUT2D eigenvalue weighted by Gasteiger charge is -2.13. The van der Waals surface area contributed by atoms with Gasteiger partial charge in [-0.2, -0.15) is 5.10 Å². The highest BCUT2D eigenvalue weighted by molar-refractivity contribution is 5.82. The second-order valence-corrected chi connectivity index (χ2v) is 9.41. The standard InChI is InChI=1S/C31H27N5O4/c1-39-25-12-8-21(9-13-25)18-34-28-16-27(23-17-32-36(20-23)24-6-4-3-5-7-24)33-29(28)30(37)35(31(34)38)19-22-10-14-26(40-2)15-11-22/h3-17,20,33H,18-19H2,1-2H3. The van der Waals surface area contributed by atoms with E-state index in [4.69, 9.17) is 9.47 Å². The van der Waals surface area contributed by atoms with Crippen molar-refractivity contribution in [3.8, 4) is 28.4 Å². The van der Waals surface area contributed by atoms with Crippen molar-refractivity contribution in [3.05, 3.63) is 129 Å². The van der Waals surface area contributed by atoms with Gasteiger partial charge in [0.05, 0.1) is 50.4 Å². The molecular weight excluding hydrogens is 506 g/mol. The molecule has 6 aromatic rings. The number of methoxy groups -OCH3 is 2. The summed E-state index contributed by atoms with van der Waals surface area (Å²) in [6.07, 6.45) is 3.63. The van der Waals surface area contributed by atoms with Gasteiger partial charge in [0.15, 0.2) is 0 Å². The number of nitrogens with one attached hydrogen (secondary N) is 1. The first-order valence-electron chi connectivity index (χ1n) is 12.8. The van der Waals surface area contributed by atoms with Crippen LogP contribution in [0.25, 0.3) is 28.0 Å². The van der Waals surface area contributed by atoms with E-state index < -0.39 is 5.69 Å². The van der Waals surface area contributed by atoms with Crippen LogP contribution in [0.5, 0.6) is 11.5 Å². The second kappa shape index (κ2) is 10.5. The first-order chi connectivity index (χ1) is 19.5. The van der Waals surface area contributed by atoms with Crippen molar-refractivity contribution in [2.24, 2.45) is 0 Å². The van der Waals surface area contributed by atoms with Crippen LogP contribution in [0.2, 0.25) is 0 Å². The molecule has 0 aliphatic rings. The molecule has 0 spiro atoms. The lowest BCUT2D eigenvalue weighted by atomic mass is 10.2. The molecule has 0 unspecified atom stereocenters. The SMILES string of the molecule is COc1ccc(Cn2c(=O)c3[nH]c(-c4cnn(-c5ccccc5)c4)cc3n(Cc3ccc(OC)cc3)c2=O)cc1. The number of rotatable bonds is 8. The van der Waals surface area contributed by atoms with Crippen molar-refractivity contribution in [2.75, 3.05) is 14.2 Å². The number of hydrogen-bond donors (Lipinski definition) is 1. The van der Waals surface area contributed by atoms with Crippen molar-refractivity contribution in [1.29, 1.82) is 0 Å². The van der Waals surface area contributed by atoms with Gasteiger partial charge in [0.1, 0.15) is 17.0 Å². The van der Waals surface area contributed by atoms with Gasteiger partial charge in [-0.3, -0.25) is 13.9 Å². The molecule has 9 heteroatoms. The van der Waals surface area contributed by atoms with E-state index in [1.54, 1.807) is 29.7 Å². The third kappa shape index (κ3) is 4.69. The maximum absolute atomic E-state index is 13.8. The van der Waals surface area contributed by atoms with E-state index in [1.807, 2.05) is 91.1 Å². The van der Waals surface area contributed by atoms with Gasteiger partial charge in [-0.15, -0.1) is 0 Å². The van der Waals surface area contributed by atoms with Crippen LogP contribution in [0.4, 0.5) is 0 Å². The molecule has 0 saturated carbocycles. The van der Waals surface area contributed by atoms with Crippen LogP contribution in [0.3, 0.4) is 0 Å². The number of hydrogen-bond acceptors (Lipinski definition) is 5. The van der Waals surface area contributed by atoms with Gasteiger partial charge < -0.3 is 14.5 Å². The zero-order chi connectivity index (χ0) is 27.6. The average Bonchev–Trinajstić information content (AvgIpc) is 3.67. The number of fused-ring (bicyclic) bond motifs is 1. The zero-order valence-corrected chi connectivity index (χ0v) is 22.1. The highest BCUT2D eigenvalue weighted by Gasteiger charge is 2.18. The van der Waals surface area contributed by atoms with Gasteiger partial charge in [-0.05, 0) is 53.6 Å². The number of ether oxygens (including phenoxy) is 2. The summed E-state index contributed by atoms with van der Waals surface area (Å²) >= 11 is 0. The van der Waals surface area contributed by atoms with Crippen molar-refractivity contribution in [2.45, 2.75) is 13.1 Å². The number of aromatic amines is 1. The molecule has 0 fully saturated rings. The number of aromatic nitrogens is 5. The lowest BCUT2D eigenvalue weighted by Crippen LogP contribution is -2.40. The summed E-state index contributed by atoms with van der Waals surface area (Å²) in [5.74, 6) is 1.43. The quantitative estimate of drug-likeness (QED) is 0.312. The summed E-state index contributed by atoms with van der Waals surface area (Å²) in [7, 11) is 3.21. The van der Waals surface area contributed by atoms with E-state index in [1.165, 1.54) is 4.57 Å². The van der Waals surface area contributed by atoms with Crippen LogP contribution in [0.15, 0.2) is 107 Å². The molecule has 3 aromatic carbocycles. The smallest absolute Gasteiger partial charge is 0.332 e. The minimum Gasteiger partial charge on any atom is -0.497 e.